The first-order valence-corrected chi connectivity index (χ1v) is 7.53. The van der Waals surface area contributed by atoms with E-state index in [0.717, 1.165) is 11.1 Å². The maximum Gasteiger partial charge on any atom is 0.217 e. The lowest BCUT2D eigenvalue weighted by molar-refractivity contribution is 0.577. The van der Waals surface area contributed by atoms with Gasteiger partial charge in [-0.25, -0.2) is 4.98 Å². The molecule has 5 nitrogen and oxygen atoms in total. The van der Waals surface area contributed by atoms with Crippen LogP contribution in [0.25, 0.3) is 28.4 Å². The molecule has 0 aliphatic heterocycles. The highest BCUT2D eigenvalue weighted by atomic mass is 35.5. The van der Waals surface area contributed by atoms with Crippen molar-refractivity contribution in [2.45, 2.75) is 0 Å². The second-order valence-electron chi connectivity index (χ2n) is 4.98. The van der Waals surface area contributed by atoms with Crippen molar-refractivity contribution in [3.63, 3.8) is 0 Å². The van der Waals surface area contributed by atoms with Crippen molar-refractivity contribution < 1.29 is 4.42 Å². The standard InChI is InChI=1S/C16H10Cl2N4O/c17-11-4-3-9(6-12(11)18)10-7-14(19)22-15(8-10)20-16(21-22)13-2-1-5-23-13/h1-8H,19H2. The van der Waals surface area contributed by atoms with Gasteiger partial charge in [-0.3, -0.25) is 0 Å². The number of fused-ring (bicyclic) bond motifs is 1. The van der Waals surface area contributed by atoms with Crippen LogP contribution in [0, 0.1) is 0 Å². The van der Waals surface area contributed by atoms with Crippen LogP contribution >= 0.6 is 23.2 Å². The van der Waals surface area contributed by atoms with Gasteiger partial charge in [0.2, 0.25) is 5.82 Å². The van der Waals surface area contributed by atoms with Crippen LogP contribution < -0.4 is 5.73 Å². The number of pyridine rings is 1. The Kier molecular flexibility index (Phi) is 3.25. The monoisotopic (exact) mass is 344 g/mol. The van der Waals surface area contributed by atoms with E-state index in [1.165, 1.54) is 0 Å². The van der Waals surface area contributed by atoms with Gasteiger partial charge >= 0.3 is 0 Å². The number of halogens is 2. The summed E-state index contributed by atoms with van der Waals surface area (Å²) < 4.78 is 6.89. The number of furan rings is 1. The van der Waals surface area contributed by atoms with E-state index in [1.54, 1.807) is 35.0 Å². The summed E-state index contributed by atoms with van der Waals surface area (Å²) in [4.78, 5) is 4.46. The Morgan fingerprint density at radius 2 is 1.87 bits per heavy atom. The Labute approximate surface area is 141 Å². The first-order valence-electron chi connectivity index (χ1n) is 6.77. The quantitative estimate of drug-likeness (QED) is 0.579. The van der Waals surface area contributed by atoms with Gasteiger partial charge in [0.25, 0.3) is 0 Å². The first-order chi connectivity index (χ1) is 11.1. The highest BCUT2D eigenvalue weighted by molar-refractivity contribution is 6.42. The third-order valence-electron chi connectivity index (χ3n) is 3.46. The molecule has 7 heteroatoms. The lowest BCUT2D eigenvalue weighted by Gasteiger charge is -2.06. The van der Waals surface area contributed by atoms with E-state index in [2.05, 4.69) is 10.1 Å². The zero-order chi connectivity index (χ0) is 16.0. The molecular weight excluding hydrogens is 335 g/mol. The van der Waals surface area contributed by atoms with Crippen LogP contribution in [-0.4, -0.2) is 14.6 Å². The Balaban J connectivity index is 1.87. The van der Waals surface area contributed by atoms with Crippen molar-refractivity contribution >= 4 is 34.7 Å². The van der Waals surface area contributed by atoms with Gasteiger partial charge in [0, 0.05) is 0 Å². The first kappa shape index (κ1) is 14.1. The van der Waals surface area contributed by atoms with Crippen molar-refractivity contribution in [2.75, 3.05) is 5.73 Å². The molecule has 3 aromatic heterocycles. The van der Waals surface area contributed by atoms with Gasteiger partial charge in [-0.15, -0.1) is 5.10 Å². The van der Waals surface area contributed by atoms with Crippen molar-refractivity contribution in [1.82, 2.24) is 14.6 Å². The molecule has 114 valence electrons. The molecule has 1 aromatic carbocycles. The number of nitrogen functional groups attached to an aromatic ring is 1. The average Bonchev–Trinajstić information content (AvgIpc) is 3.18. The van der Waals surface area contributed by atoms with Gasteiger partial charge in [-0.1, -0.05) is 29.3 Å². The molecule has 4 rings (SSSR count). The minimum absolute atomic E-state index is 0.467. The molecule has 0 saturated heterocycles. The second-order valence-corrected chi connectivity index (χ2v) is 5.79. The minimum Gasteiger partial charge on any atom is -0.461 e. The van der Waals surface area contributed by atoms with Gasteiger partial charge in [-0.05, 0) is 47.5 Å². The molecule has 0 unspecified atom stereocenters. The van der Waals surface area contributed by atoms with Gasteiger partial charge in [0.05, 0.1) is 16.3 Å². The largest absolute Gasteiger partial charge is 0.461 e. The molecule has 0 aliphatic carbocycles. The molecule has 0 bridgehead atoms. The van der Waals surface area contributed by atoms with Crippen LogP contribution in [0.1, 0.15) is 0 Å². The van der Waals surface area contributed by atoms with Gasteiger partial charge in [0.1, 0.15) is 5.82 Å². The number of benzene rings is 1. The Morgan fingerprint density at radius 1 is 1.00 bits per heavy atom. The summed E-state index contributed by atoms with van der Waals surface area (Å²) in [5.74, 6) is 1.53. The fraction of sp³-hybridized carbons (Fsp3) is 0. The lowest BCUT2D eigenvalue weighted by atomic mass is 10.1. The minimum atomic E-state index is 0.467. The number of hydrogen-bond donors (Lipinski definition) is 1. The number of nitrogens with two attached hydrogens (primary N) is 1. The molecule has 0 aliphatic rings. The summed E-state index contributed by atoms with van der Waals surface area (Å²) >= 11 is 12.0. The van der Waals surface area contributed by atoms with Crippen molar-refractivity contribution in [3.8, 4) is 22.7 Å². The van der Waals surface area contributed by atoms with E-state index in [0.29, 0.717) is 33.1 Å². The molecule has 0 atom stereocenters. The average molecular weight is 345 g/mol. The van der Waals surface area contributed by atoms with Crippen LogP contribution in [0.5, 0.6) is 0 Å². The fourth-order valence-electron chi connectivity index (χ4n) is 2.36. The molecule has 0 fully saturated rings. The number of rotatable bonds is 2. The molecule has 0 spiro atoms. The topological polar surface area (TPSA) is 69.3 Å². The predicted molar refractivity (Wildman–Crippen MR) is 90.6 cm³/mol. The predicted octanol–water partition coefficient (Wildman–Crippen LogP) is 4.55. The highest BCUT2D eigenvalue weighted by Gasteiger charge is 2.12. The number of anilines is 1. The zero-order valence-electron chi connectivity index (χ0n) is 11.7. The van der Waals surface area contributed by atoms with Crippen LogP contribution in [0.3, 0.4) is 0 Å². The SMILES string of the molecule is Nc1cc(-c2ccc(Cl)c(Cl)c2)cc2nc(-c3ccco3)nn12. The van der Waals surface area contributed by atoms with Gasteiger partial charge in [0.15, 0.2) is 11.4 Å². The summed E-state index contributed by atoms with van der Waals surface area (Å²) in [6.07, 6.45) is 1.57. The smallest absolute Gasteiger partial charge is 0.217 e. The fourth-order valence-corrected chi connectivity index (χ4v) is 2.66. The Morgan fingerprint density at radius 3 is 2.61 bits per heavy atom. The van der Waals surface area contributed by atoms with Crippen molar-refractivity contribution in [2.24, 2.45) is 0 Å². The molecule has 0 radical (unpaired) electrons. The molecule has 0 saturated carbocycles. The van der Waals surface area contributed by atoms with Crippen molar-refractivity contribution in [3.05, 3.63) is 58.8 Å². The van der Waals surface area contributed by atoms with Crippen LogP contribution in [-0.2, 0) is 0 Å². The van der Waals surface area contributed by atoms with Crippen molar-refractivity contribution in [1.29, 1.82) is 0 Å². The third-order valence-corrected chi connectivity index (χ3v) is 4.20. The second kappa shape index (κ2) is 5.30. The molecule has 23 heavy (non-hydrogen) atoms. The van der Waals surface area contributed by atoms with E-state index in [4.69, 9.17) is 33.4 Å². The third kappa shape index (κ3) is 2.44. The molecule has 0 amide bonds. The highest BCUT2D eigenvalue weighted by Crippen LogP contribution is 2.30. The maximum absolute atomic E-state index is 6.10. The molecular formula is C16H10Cl2N4O. The summed E-state index contributed by atoms with van der Waals surface area (Å²) in [6.45, 7) is 0. The molecule has 4 aromatic rings. The number of hydrogen-bond acceptors (Lipinski definition) is 4. The molecule has 3 heterocycles. The van der Waals surface area contributed by atoms with Crippen LogP contribution in [0.2, 0.25) is 10.0 Å². The van der Waals surface area contributed by atoms with Crippen LogP contribution in [0.15, 0.2) is 53.1 Å². The number of aromatic nitrogens is 3. The van der Waals surface area contributed by atoms with Gasteiger partial charge < -0.3 is 10.2 Å². The lowest BCUT2D eigenvalue weighted by Crippen LogP contribution is -1.99. The summed E-state index contributed by atoms with van der Waals surface area (Å²) in [7, 11) is 0. The van der Waals surface area contributed by atoms with E-state index >= 15 is 0 Å². The summed E-state index contributed by atoms with van der Waals surface area (Å²) in [5, 5.41) is 5.35. The van der Waals surface area contributed by atoms with Crippen LogP contribution in [0.4, 0.5) is 5.82 Å². The van der Waals surface area contributed by atoms with Gasteiger partial charge in [-0.2, -0.15) is 4.52 Å². The molecule has 2 N–H and O–H groups in total. The Hall–Kier alpha value is -2.50. The summed E-state index contributed by atoms with van der Waals surface area (Å²) in [5.41, 5.74) is 8.50. The Bertz CT molecular complexity index is 1010. The summed E-state index contributed by atoms with van der Waals surface area (Å²) in [6, 6.07) is 12.7. The van der Waals surface area contributed by atoms with E-state index < -0.39 is 0 Å². The van der Waals surface area contributed by atoms with E-state index in [9.17, 15) is 0 Å². The van der Waals surface area contributed by atoms with E-state index in [1.807, 2.05) is 18.2 Å². The maximum atomic E-state index is 6.10. The zero-order valence-corrected chi connectivity index (χ0v) is 13.2. The normalized spacial score (nSPS) is 11.2. The number of nitrogens with zero attached hydrogens (tertiary/aromatic N) is 3. The van der Waals surface area contributed by atoms with E-state index in [-0.39, 0.29) is 0 Å².